The van der Waals surface area contributed by atoms with E-state index in [0.717, 1.165) is 11.1 Å². The highest BCUT2D eigenvalue weighted by molar-refractivity contribution is 5.91. The fraction of sp³-hybridized carbons (Fsp3) is 0.105. The number of carbonyl (C=O) groups excluding carboxylic acids is 1. The zero-order chi connectivity index (χ0) is 15.4. The van der Waals surface area contributed by atoms with Crippen LogP contribution in [0.1, 0.15) is 27.7 Å². The molecule has 1 heterocycles. The summed E-state index contributed by atoms with van der Waals surface area (Å²) in [6.07, 6.45) is 1.51. The van der Waals surface area contributed by atoms with Crippen LogP contribution in [0.15, 0.2) is 83.5 Å². The molecule has 0 N–H and O–H groups in total. The van der Waals surface area contributed by atoms with Crippen LogP contribution in [0.2, 0.25) is 0 Å². The molecule has 1 aromatic heterocycles. The Kier molecular flexibility index (Phi) is 4.05. The molecule has 110 valence electrons. The van der Waals surface area contributed by atoms with Crippen LogP contribution in [0.3, 0.4) is 0 Å². The topological polar surface area (TPSA) is 33.5 Å². The van der Waals surface area contributed by atoms with Gasteiger partial charge in [-0.15, -0.1) is 0 Å². The van der Waals surface area contributed by atoms with Crippen LogP contribution < -0.4 is 0 Å². The minimum Gasteiger partial charge on any atom is -0.459 e. The summed E-state index contributed by atoms with van der Waals surface area (Å²) in [4.78, 5) is 14.3. The van der Waals surface area contributed by atoms with Gasteiger partial charge in [-0.2, -0.15) is 0 Å². The number of benzene rings is 2. The van der Waals surface area contributed by atoms with Crippen molar-refractivity contribution in [1.29, 1.82) is 0 Å². The van der Waals surface area contributed by atoms with Gasteiger partial charge >= 0.3 is 0 Å². The molecule has 3 aromatic rings. The van der Waals surface area contributed by atoms with Crippen LogP contribution >= 0.6 is 0 Å². The molecule has 0 saturated heterocycles. The van der Waals surface area contributed by atoms with Crippen molar-refractivity contribution in [3.8, 4) is 0 Å². The molecule has 0 unspecified atom stereocenters. The third kappa shape index (κ3) is 2.79. The van der Waals surface area contributed by atoms with Gasteiger partial charge in [0.1, 0.15) is 0 Å². The molecule has 0 radical (unpaired) electrons. The number of hydrogen-bond acceptors (Lipinski definition) is 2. The number of amides is 1. The predicted octanol–water partition coefficient (Wildman–Crippen LogP) is 4.14. The van der Waals surface area contributed by atoms with Crippen molar-refractivity contribution in [1.82, 2.24) is 4.90 Å². The van der Waals surface area contributed by atoms with Gasteiger partial charge in [-0.3, -0.25) is 4.79 Å². The van der Waals surface area contributed by atoms with E-state index in [-0.39, 0.29) is 11.9 Å². The molecule has 2 aromatic carbocycles. The summed E-state index contributed by atoms with van der Waals surface area (Å²) in [6.45, 7) is 0. The number of hydrogen-bond donors (Lipinski definition) is 0. The van der Waals surface area contributed by atoms with Gasteiger partial charge in [-0.25, -0.2) is 0 Å². The predicted molar refractivity (Wildman–Crippen MR) is 85.5 cm³/mol. The van der Waals surface area contributed by atoms with Crippen molar-refractivity contribution in [2.45, 2.75) is 6.04 Å². The molecule has 0 bridgehead atoms. The fourth-order valence-corrected chi connectivity index (χ4v) is 2.60. The van der Waals surface area contributed by atoms with Crippen LogP contribution in [0, 0.1) is 0 Å². The average molecular weight is 291 g/mol. The maximum atomic E-state index is 12.6. The normalized spacial score (nSPS) is 10.6. The van der Waals surface area contributed by atoms with Gasteiger partial charge in [0.15, 0.2) is 5.76 Å². The van der Waals surface area contributed by atoms with Crippen LogP contribution in [-0.4, -0.2) is 17.9 Å². The van der Waals surface area contributed by atoms with Gasteiger partial charge in [0.2, 0.25) is 0 Å². The number of rotatable bonds is 4. The molecular formula is C19H17NO2. The fourth-order valence-electron chi connectivity index (χ4n) is 2.60. The first-order chi connectivity index (χ1) is 10.8. The van der Waals surface area contributed by atoms with E-state index in [1.54, 1.807) is 24.1 Å². The molecule has 1 amide bonds. The lowest BCUT2D eigenvalue weighted by Crippen LogP contribution is -2.31. The largest absolute Gasteiger partial charge is 0.459 e. The zero-order valence-electron chi connectivity index (χ0n) is 12.3. The molecule has 22 heavy (non-hydrogen) atoms. The Bertz CT molecular complexity index is 681. The molecule has 3 nitrogen and oxygen atoms in total. The molecule has 0 atom stereocenters. The molecule has 0 saturated carbocycles. The van der Waals surface area contributed by atoms with Crippen molar-refractivity contribution in [2.24, 2.45) is 0 Å². The average Bonchev–Trinajstić information content (AvgIpc) is 3.11. The quantitative estimate of drug-likeness (QED) is 0.724. The summed E-state index contributed by atoms with van der Waals surface area (Å²) in [5.41, 5.74) is 2.13. The maximum absolute atomic E-state index is 12.6. The minimum atomic E-state index is -0.153. The molecule has 0 fully saturated rings. The Balaban J connectivity index is 2.00. The highest BCUT2D eigenvalue weighted by Gasteiger charge is 2.25. The summed E-state index contributed by atoms with van der Waals surface area (Å²) in [7, 11) is 1.80. The Hall–Kier alpha value is -2.81. The first-order valence-corrected chi connectivity index (χ1v) is 7.18. The Morgan fingerprint density at radius 2 is 1.41 bits per heavy atom. The lowest BCUT2D eigenvalue weighted by atomic mass is 9.97. The van der Waals surface area contributed by atoms with Gasteiger partial charge in [-0.05, 0) is 23.3 Å². The van der Waals surface area contributed by atoms with Crippen LogP contribution in [-0.2, 0) is 0 Å². The molecule has 0 aliphatic carbocycles. The second kappa shape index (κ2) is 6.31. The summed E-state index contributed by atoms with van der Waals surface area (Å²) in [6, 6.07) is 23.3. The minimum absolute atomic E-state index is 0.136. The van der Waals surface area contributed by atoms with Crippen LogP contribution in [0.5, 0.6) is 0 Å². The highest BCUT2D eigenvalue weighted by atomic mass is 16.3. The number of carbonyl (C=O) groups is 1. The van der Waals surface area contributed by atoms with E-state index in [4.69, 9.17) is 4.42 Å². The smallest absolute Gasteiger partial charge is 0.290 e. The first-order valence-electron chi connectivity index (χ1n) is 7.18. The van der Waals surface area contributed by atoms with Gasteiger partial charge in [0.05, 0.1) is 12.3 Å². The SMILES string of the molecule is CN(C(=O)c1ccco1)C(c1ccccc1)c1ccccc1. The molecule has 0 spiro atoms. The van der Waals surface area contributed by atoms with E-state index >= 15 is 0 Å². The lowest BCUT2D eigenvalue weighted by Gasteiger charge is -2.28. The van der Waals surface area contributed by atoms with E-state index in [1.165, 1.54) is 6.26 Å². The highest BCUT2D eigenvalue weighted by Crippen LogP contribution is 2.28. The van der Waals surface area contributed by atoms with Crippen LogP contribution in [0.25, 0.3) is 0 Å². The summed E-state index contributed by atoms with van der Waals surface area (Å²) in [5, 5.41) is 0. The van der Waals surface area contributed by atoms with Crippen molar-refractivity contribution in [3.05, 3.63) is 95.9 Å². The lowest BCUT2D eigenvalue weighted by molar-refractivity contribution is 0.0723. The monoisotopic (exact) mass is 291 g/mol. The third-order valence-electron chi connectivity index (χ3n) is 3.67. The summed E-state index contributed by atoms with van der Waals surface area (Å²) >= 11 is 0. The van der Waals surface area contributed by atoms with Gasteiger partial charge in [0, 0.05) is 7.05 Å². The molecule has 0 aliphatic heterocycles. The molecule has 3 heteroatoms. The Labute approximate surface area is 129 Å². The second-order valence-electron chi connectivity index (χ2n) is 5.12. The Morgan fingerprint density at radius 1 is 0.864 bits per heavy atom. The molecule has 0 aliphatic rings. The summed E-state index contributed by atoms with van der Waals surface area (Å²) < 4.78 is 5.25. The third-order valence-corrected chi connectivity index (χ3v) is 3.67. The Morgan fingerprint density at radius 3 is 1.86 bits per heavy atom. The van der Waals surface area contributed by atoms with E-state index in [2.05, 4.69) is 0 Å². The second-order valence-corrected chi connectivity index (χ2v) is 5.12. The van der Waals surface area contributed by atoms with Crippen molar-refractivity contribution in [2.75, 3.05) is 7.05 Å². The van der Waals surface area contributed by atoms with Gasteiger partial charge in [0.25, 0.3) is 5.91 Å². The summed E-state index contributed by atoms with van der Waals surface area (Å²) in [5.74, 6) is 0.210. The van der Waals surface area contributed by atoms with Gasteiger partial charge < -0.3 is 9.32 Å². The first kappa shape index (κ1) is 14.1. The molecular weight excluding hydrogens is 274 g/mol. The van der Waals surface area contributed by atoms with E-state index in [0.29, 0.717) is 5.76 Å². The van der Waals surface area contributed by atoms with Crippen molar-refractivity contribution in [3.63, 3.8) is 0 Å². The van der Waals surface area contributed by atoms with Gasteiger partial charge in [-0.1, -0.05) is 60.7 Å². The standard InChI is InChI=1S/C19H17NO2/c1-20(19(21)17-13-8-14-22-17)18(15-9-4-2-5-10-15)16-11-6-3-7-12-16/h2-14,18H,1H3. The van der Waals surface area contributed by atoms with Crippen molar-refractivity contribution >= 4 is 5.91 Å². The van der Waals surface area contributed by atoms with Crippen LogP contribution in [0.4, 0.5) is 0 Å². The molecule has 3 rings (SSSR count). The number of nitrogens with zero attached hydrogens (tertiary/aromatic N) is 1. The van der Waals surface area contributed by atoms with E-state index in [9.17, 15) is 4.79 Å². The number of furan rings is 1. The van der Waals surface area contributed by atoms with E-state index < -0.39 is 0 Å². The zero-order valence-corrected chi connectivity index (χ0v) is 12.3. The van der Waals surface area contributed by atoms with Crippen molar-refractivity contribution < 1.29 is 9.21 Å². The maximum Gasteiger partial charge on any atom is 0.290 e. The van der Waals surface area contributed by atoms with E-state index in [1.807, 2.05) is 60.7 Å².